The van der Waals surface area contributed by atoms with Crippen LogP contribution in [0.25, 0.3) is 0 Å². The van der Waals surface area contributed by atoms with E-state index in [-0.39, 0.29) is 5.91 Å². The molecule has 3 rings (SSSR count). The van der Waals surface area contributed by atoms with Crippen molar-refractivity contribution in [3.8, 4) is 0 Å². The first-order chi connectivity index (χ1) is 8.81. The van der Waals surface area contributed by atoms with Gasteiger partial charge >= 0.3 is 0 Å². The number of carbonyl (C=O) groups excluding carboxylic acids is 1. The van der Waals surface area contributed by atoms with E-state index in [4.69, 9.17) is 0 Å². The van der Waals surface area contributed by atoms with Gasteiger partial charge in [-0.05, 0) is 24.3 Å². The molecule has 0 unspecified atom stereocenters. The van der Waals surface area contributed by atoms with E-state index in [0.717, 1.165) is 11.4 Å². The molecule has 0 spiro atoms. The Morgan fingerprint density at radius 3 is 1.72 bits per heavy atom. The molecule has 1 heterocycles. The number of quaternary nitrogens is 1. The lowest BCUT2D eigenvalue weighted by molar-refractivity contribution is -0.118. The van der Waals surface area contributed by atoms with Crippen molar-refractivity contribution in [1.82, 2.24) is 9.80 Å². The number of hydrogen-bond acceptors (Lipinski definition) is 1. The Balaban J connectivity index is 2.14. The van der Waals surface area contributed by atoms with Crippen LogP contribution in [0.15, 0.2) is 60.7 Å². The lowest BCUT2D eigenvalue weighted by Crippen LogP contribution is -2.42. The summed E-state index contributed by atoms with van der Waals surface area (Å²) in [5, 5.41) is 2.94. The highest BCUT2D eigenvalue weighted by Gasteiger charge is 2.41. The number of rotatable bonds is 2. The molecule has 1 fully saturated rings. The first-order valence-corrected chi connectivity index (χ1v) is 6.06. The van der Waals surface area contributed by atoms with Gasteiger partial charge in [-0.15, -0.1) is 0 Å². The second kappa shape index (κ2) is 4.27. The summed E-state index contributed by atoms with van der Waals surface area (Å²) in [6.07, 6.45) is 0. The third-order valence-corrected chi connectivity index (χ3v) is 3.46. The summed E-state index contributed by atoms with van der Waals surface area (Å²) in [4.78, 5) is 11.7. The number of nitrogens with one attached hydrogen (secondary N) is 1. The smallest absolute Gasteiger partial charge is 0.280 e. The summed E-state index contributed by atoms with van der Waals surface area (Å²) in [7, 11) is 0. The first-order valence-electron chi connectivity index (χ1n) is 6.06. The van der Waals surface area contributed by atoms with E-state index in [2.05, 4.69) is 29.6 Å². The largest absolute Gasteiger partial charge is 0.304 e. The highest BCUT2D eigenvalue weighted by molar-refractivity contribution is 5.85. The highest BCUT2D eigenvalue weighted by Crippen LogP contribution is 2.35. The van der Waals surface area contributed by atoms with Crippen LogP contribution in [-0.4, -0.2) is 19.1 Å². The number of para-hydroxylation sites is 2. The second-order valence-electron chi connectivity index (χ2n) is 4.56. The zero-order valence-electron chi connectivity index (χ0n) is 10.0. The predicted octanol–water partition coefficient (Wildman–Crippen LogP) is 2.41. The van der Waals surface area contributed by atoms with Crippen LogP contribution < -0.4 is 9.80 Å². The van der Waals surface area contributed by atoms with Crippen LogP contribution >= 0.6 is 0 Å². The fraction of sp³-hybridized carbons (Fsp3) is 0.133. The SMILES string of the molecule is O=C1C[N+](c2ccccc2)(c2ccccc2)CN1. The minimum atomic E-state index is 0.0997. The van der Waals surface area contributed by atoms with Crippen LogP contribution in [0.4, 0.5) is 11.4 Å². The Labute approximate surface area is 106 Å². The van der Waals surface area contributed by atoms with Crippen LogP contribution in [-0.2, 0) is 4.79 Å². The van der Waals surface area contributed by atoms with E-state index in [1.54, 1.807) is 0 Å². The molecule has 1 saturated heterocycles. The van der Waals surface area contributed by atoms with E-state index < -0.39 is 0 Å². The summed E-state index contributed by atoms with van der Waals surface area (Å²) in [6, 6.07) is 20.4. The molecule has 2 aromatic carbocycles. The van der Waals surface area contributed by atoms with Crippen LogP contribution in [0.2, 0.25) is 0 Å². The Bertz CT molecular complexity index is 512. The van der Waals surface area contributed by atoms with Crippen molar-refractivity contribution in [1.29, 1.82) is 0 Å². The van der Waals surface area contributed by atoms with E-state index in [1.165, 1.54) is 0 Å². The van der Waals surface area contributed by atoms with Crippen LogP contribution in [0.3, 0.4) is 0 Å². The molecule has 2 aromatic rings. The summed E-state index contributed by atoms with van der Waals surface area (Å²) < 4.78 is 0.556. The fourth-order valence-electron chi connectivity index (χ4n) is 2.52. The van der Waals surface area contributed by atoms with Crippen molar-refractivity contribution in [3.63, 3.8) is 0 Å². The lowest BCUT2D eigenvalue weighted by Gasteiger charge is -2.31. The zero-order valence-corrected chi connectivity index (χ0v) is 10.0. The molecule has 1 N–H and O–H groups in total. The van der Waals surface area contributed by atoms with Crippen molar-refractivity contribution in [2.45, 2.75) is 0 Å². The van der Waals surface area contributed by atoms with Crippen LogP contribution in [0.5, 0.6) is 0 Å². The molecule has 0 atom stereocenters. The third kappa shape index (κ3) is 1.69. The average molecular weight is 239 g/mol. The third-order valence-electron chi connectivity index (χ3n) is 3.46. The number of amides is 1. The van der Waals surface area contributed by atoms with Gasteiger partial charge in [0.2, 0.25) is 0 Å². The van der Waals surface area contributed by atoms with Gasteiger partial charge < -0.3 is 5.32 Å². The second-order valence-corrected chi connectivity index (χ2v) is 4.56. The molecule has 3 nitrogen and oxygen atoms in total. The van der Waals surface area contributed by atoms with Gasteiger partial charge in [-0.3, -0.25) is 4.79 Å². The standard InChI is InChI=1S/C15H14N2O/c18-15-11-17(12-16-15,13-7-3-1-4-8-13)14-9-5-2-6-10-14/h1-10H,11-12H2/p+1. The van der Waals surface area contributed by atoms with Crippen molar-refractivity contribution in [2.75, 3.05) is 13.2 Å². The molecular formula is C15H15N2O+. The normalized spacial score (nSPS) is 17.4. The summed E-state index contributed by atoms with van der Waals surface area (Å²) in [6.45, 7) is 1.08. The van der Waals surface area contributed by atoms with E-state index in [0.29, 0.717) is 17.7 Å². The molecule has 0 aliphatic carbocycles. The molecule has 1 amide bonds. The minimum Gasteiger partial charge on any atom is -0.304 e. The van der Waals surface area contributed by atoms with Crippen molar-refractivity contribution < 1.29 is 4.79 Å². The maximum Gasteiger partial charge on any atom is 0.280 e. The molecule has 1 aliphatic rings. The number of benzene rings is 2. The van der Waals surface area contributed by atoms with Crippen molar-refractivity contribution in [3.05, 3.63) is 60.7 Å². The predicted molar refractivity (Wildman–Crippen MR) is 72.2 cm³/mol. The molecule has 0 bridgehead atoms. The Morgan fingerprint density at radius 2 is 1.33 bits per heavy atom. The molecule has 0 aromatic heterocycles. The lowest BCUT2D eigenvalue weighted by atomic mass is 10.2. The Kier molecular flexibility index (Phi) is 2.61. The Morgan fingerprint density at radius 1 is 0.833 bits per heavy atom. The summed E-state index contributed by atoms with van der Waals surface area (Å²) in [5.41, 5.74) is 2.28. The molecule has 0 radical (unpaired) electrons. The van der Waals surface area contributed by atoms with Gasteiger partial charge in [-0.1, -0.05) is 36.4 Å². The van der Waals surface area contributed by atoms with Gasteiger partial charge in [0.15, 0.2) is 13.2 Å². The van der Waals surface area contributed by atoms with Gasteiger partial charge in [0.05, 0.1) is 0 Å². The van der Waals surface area contributed by atoms with Gasteiger partial charge in [0, 0.05) is 0 Å². The van der Waals surface area contributed by atoms with Gasteiger partial charge in [-0.25, -0.2) is 4.48 Å². The van der Waals surface area contributed by atoms with Gasteiger partial charge in [0.1, 0.15) is 11.4 Å². The van der Waals surface area contributed by atoms with Crippen molar-refractivity contribution in [2.24, 2.45) is 0 Å². The van der Waals surface area contributed by atoms with E-state index >= 15 is 0 Å². The summed E-state index contributed by atoms with van der Waals surface area (Å²) >= 11 is 0. The molecule has 90 valence electrons. The summed E-state index contributed by atoms with van der Waals surface area (Å²) in [5.74, 6) is 0.0997. The number of nitrogens with zero attached hydrogens (tertiary/aromatic N) is 1. The Hall–Kier alpha value is -2.13. The topological polar surface area (TPSA) is 29.1 Å². The first kappa shape index (κ1) is 11.0. The molecule has 3 heteroatoms. The monoisotopic (exact) mass is 239 g/mol. The maximum atomic E-state index is 11.7. The minimum absolute atomic E-state index is 0.0997. The van der Waals surface area contributed by atoms with Crippen molar-refractivity contribution >= 4 is 17.3 Å². The molecule has 1 aliphatic heterocycles. The highest BCUT2D eigenvalue weighted by atomic mass is 16.2. The molecule has 0 saturated carbocycles. The maximum absolute atomic E-state index is 11.7. The quantitative estimate of drug-likeness (QED) is 0.801. The van der Waals surface area contributed by atoms with E-state index in [9.17, 15) is 4.79 Å². The van der Waals surface area contributed by atoms with Crippen LogP contribution in [0.1, 0.15) is 0 Å². The molecule has 18 heavy (non-hydrogen) atoms. The average Bonchev–Trinajstić information content (AvgIpc) is 2.84. The van der Waals surface area contributed by atoms with Crippen LogP contribution in [0, 0.1) is 0 Å². The number of hydrogen-bond donors (Lipinski definition) is 1. The molecular weight excluding hydrogens is 224 g/mol. The fourth-order valence-corrected chi connectivity index (χ4v) is 2.52. The van der Waals surface area contributed by atoms with E-state index in [1.807, 2.05) is 36.4 Å². The zero-order chi connectivity index (χ0) is 12.4. The number of carbonyl (C=O) groups is 1. The van der Waals surface area contributed by atoms with Gasteiger partial charge in [0.25, 0.3) is 5.91 Å². The van der Waals surface area contributed by atoms with Gasteiger partial charge in [-0.2, -0.15) is 0 Å².